The van der Waals surface area contributed by atoms with Crippen LogP contribution in [0.25, 0.3) is 0 Å². The van der Waals surface area contributed by atoms with Crippen LogP contribution in [-0.4, -0.2) is 67.4 Å². The van der Waals surface area contributed by atoms with Crippen LogP contribution in [0.4, 0.5) is 10.5 Å². The van der Waals surface area contributed by atoms with E-state index in [0.29, 0.717) is 38.2 Å². The second-order valence-electron chi connectivity index (χ2n) is 7.28. The summed E-state index contributed by atoms with van der Waals surface area (Å²) in [6, 6.07) is 4.81. The highest BCUT2D eigenvalue weighted by Crippen LogP contribution is 2.23. The lowest BCUT2D eigenvalue weighted by atomic mass is 10.2. The van der Waals surface area contributed by atoms with Crippen LogP contribution in [0.2, 0.25) is 0 Å². The van der Waals surface area contributed by atoms with Gasteiger partial charge in [0.05, 0.1) is 17.1 Å². The number of primary amides is 1. The number of sulfonamides is 1. The third-order valence-electron chi connectivity index (χ3n) is 4.98. The van der Waals surface area contributed by atoms with Crippen LogP contribution in [0.15, 0.2) is 29.2 Å². The monoisotopic (exact) mass is 410 g/mol. The van der Waals surface area contributed by atoms with Gasteiger partial charge in [-0.3, -0.25) is 4.79 Å². The second kappa shape index (κ2) is 8.06. The molecule has 1 aromatic rings. The fourth-order valence-electron chi connectivity index (χ4n) is 3.71. The van der Waals surface area contributed by atoms with Gasteiger partial charge in [-0.2, -0.15) is 4.31 Å². The van der Waals surface area contributed by atoms with Crippen molar-refractivity contribution in [2.75, 3.05) is 25.0 Å². The Morgan fingerprint density at radius 2 is 1.75 bits per heavy atom. The van der Waals surface area contributed by atoms with E-state index in [1.54, 1.807) is 12.1 Å². The molecule has 9 nitrogen and oxygen atoms in total. The number of amides is 3. The molecule has 2 fully saturated rings. The summed E-state index contributed by atoms with van der Waals surface area (Å²) in [5.41, 5.74) is 5.77. The summed E-state index contributed by atoms with van der Waals surface area (Å²) in [7, 11) is -3.64. The van der Waals surface area contributed by atoms with Gasteiger partial charge in [-0.05, 0) is 51.0 Å². The predicted octanol–water partition coefficient (Wildman–Crippen LogP) is 0.966. The summed E-state index contributed by atoms with van der Waals surface area (Å²) in [6.45, 7) is 4.75. The number of hydrogen-bond acceptors (Lipinski definition) is 5. The molecule has 10 heteroatoms. The Labute approximate surface area is 164 Å². The highest BCUT2D eigenvalue weighted by Gasteiger charge is 2.34. The Kier molecular flexibility index (Phi) is 5.92. The van der Waals surface area contributed by atoms with E-state index in [2.05, 4.69) is 5.32 Å². The van der Waals surface area contributed by atoms with Gasteiger partial charge >= 0.3 is 6.03 Å². The molecule has 2 aliphatic rings. The Morgan fingerprint density at radius 1 is 1.14 bits per heavy atom. The molecular weight excluding hydrogens is 384 g/mol. The molecule has 3 N–H and O–H groups in total. The number of nitrogens with zero attached hydrogens (tertiary/aromatic N) is 2. The zero-order valence-electron chi connectivity index (χ0n) is 16.0. The first-order valence-electron chi connectivity index (χ1n) is 9.31. The van der Waals surface area contributed by atoms with Crippen LogP contribution in [0, 0.1) is 0 Å². The van der Waals surface area contributed by atoms with Crippen molar-refractivity contribution in [3.05, 3.63) is 24.3 Å². The number of hydrogen-bond donors (Lipinski definition) is 2. The molecule has 28 heavy (non-hydrogen) atoms. The molecular formula is C18H26N4O5S. The smallest absolute Gasteiger partial charge is 0.315 e. The molecule has 2 heterocycles. The maximum Gasteiger partial charge on any atom is 0.315 e. The molecule has 1 aromatic carbocycles. The minimum atomic E-state index is -3.64. The Balaban J connectivity index is 1.69. The number of likely N-dealkylation sites (tertiary alicyclic amines) is 1. The van der Waals surface area contributed by atoms with Crippen molar-refractivity contribution in [1.82, 2.24) is 9.21 Å². The molecule has 3 unspecified atom stereocenters. The highest BCUT2D eigenvalue weighted by molar-refractivity contribution is 7.89. The SMILES string of the molecule is CC1CN(S(=O)(=O)c2ccc(NC(=O)C3CCCN3C(N)=O)cc2)CC(C)O1. The number of urea groups is 1. The summed E-state index contributed by atoms with van der Waals surface area (Å²) < 4.78 is 32.7. The summed E-state index contributed by atoms with van der Waals surface area (Å²) in [4.78, 5) is 25.3. The van der Waals surface area contributed by atoms with Crippen molar-refractivity contribution < 1.29 is 22.7 Å². The van der Waals surface area contributed by atoms with E-state index >= 15 is 0 Å². The lowest BCUT2D eigenvalue weighted by Gasteiger charge is -2.34. The van der Waals surface area contributed by atoms with Gasteiger partial charge in [0.2, 0.25) is 15.9 Å². The first-order valence-corrected chi connectivity index (χ1v) is 10.7. The lowest BCUT2D eigenvalue weighted by molar-refractivity contribution is -0.119. The molecule has 0 aromatic heterocycles. The molecule has 0 aliphatic carbocycles. The molecule has 0 saturated carbocycles. The van der Waals surface area contributed by atoms with Gasteiger partial charge in [0.15, 0.2) is 0 Å². The number of nitrogens with one attached hydrogen (secondary N) is 1. The van der Waals surface area contributed by atoms with E-state index < -0.39 is 22.1 Å². The van der Waals surface area contributed by atoms with Gasteiger partial charge in [-0.25, -0.2) is 13.2 Å². The van der Waals surface area contributed by atoms with Crippen molar-refractivity contribution in [3.63, 3.8) is 0 Å². The van der Waals surface area contributed by atoms with Gasteiger partial charge in [0.1, 0.15) is 6.04 Å². The number of anilines is 1. The van der Waals surface area contributed by atoms with E-state index in [1.807, 2.05) is 13.8 Å². The van der Waals surface area contributed by atoms with Gasteiger partial charge in [0, 0.05) is 25.3 Å². The third-order valence-corrected chi connectivity index (χ3v) is 6.83. The normalized spacial score (nSPS) is 26.2. The minimum absolute atomic E-state index is 0.159. The average Bonchev–Trinajstić information content (AvgIpc) is 3.11. The predicted molar refractivity (Wildman–Crippen MR) is 103 cm³/mol. The van der Waals surface area contributed by atoms with Crippen LogP contribution in [0.3, 0.4) is 0 Å². The standard InChI is InChI=1S/C18H26N4O5S/c1-12-10-21(11-13(2)27-12)28(25,26)15-7-5-14(6-8-15)20-17(23)16-4-3-9-22(16)18(19)24/h5-8,12-13,16H,3-4,9-11H2,1-2H3,(H2,19,24)(H,20,23). The Morgan fingerprint density at radius 3 is 2.32 bits per heavy atom. The Bertz CT molecular complexity index is 832. The number of ether oxygens (including phenoxy) is 1. The summed E-state index contributed by atoms with van der Waals surface area (Å²) >= 11 is 0. The second-order valence-corrected chi connectivity index (χ2v) is 9.22. The molecule has 3 amide bonds. The molecule has 0 bridgehead atoms. The quantitative estimate of drug-likeness (QED) is 0.766. The fraction of sp³-hybridized carbons (Fsp3) is 0.556. The number of morpholine rings is 1. The zero-order chi connectivity index (χ0) is 20.5. The van der Waals surface area contributed by atoms with E-state index in [0.717, 1.165) is 0 Å². The van der Waals surface area contributed by atoms with E-state index in [9.17, 15) is 18.0 Å². The van der Waals surface area contributed by atoms with Crippen molar-refractivity contribution in [2.45, 2.75) is 49.8 Å². The van der Waals surface area contributed by atoms with Crippen LogP contribution >= 0.6 is 0 Å². The molecule has 0 spiro atoms. The zero-order valence-corrected chi connectivity index (χ0v) is 16.8. The highest BCUT2D eigenvalue weighted by atomic mass is 32.2. The first-order chi connectivity index (χ1) is 13.2. The van der Waals surface area contributed by atoms with Gasteiger partial charge in [0.25, 0.3) is 0 Å². The molecule has 2 aliphatic heterocycles. The van der Waals surface area contributed by atoms with Crippen LogP contribution < -0.4 is 11.1 Å². The molecule has 3 atom stereocenters. The van der Waals surface area contributed by atoms with Crippen molar-refractivity contribution in [3.8, 4) is 0 Å². The summed E-state index contributed by atoms with van der Waals surface area (Å²) in [6.07, 6.45) is 0.928. The summed E-state index contributed by atoms with van der Waals surface area (Å²) in [5.74, 6) is -0.331. The fourth-order valence-corrected chi connectivity index (χ4v) is 5.31. The van der Waals surface area contributed by atoms with E-state index in [1.165, 1.54) is 21.3 Å². The van der Waals surface area contributed by atoms with Crippen molar-refractivity contribution in [2.24, 2.45) is 5.73 Å². The van der Waals surface area contributed by atoms with E-state index in [-0.39, 0.29) is 23.0 Å². The lowest BCUT2D eigenvalue weighted by Crippen LogP contribution is -2.48. The van der Waals surface area contributed by atoms with Crippen molar-refractivity contribution >= 4 is 27.6 Å². The van der Waals surface area contributed by atoms with Crippen molar-refractivity contribution in [1.29, 1.82) is 0 Å². The number of benzene rings is 1. The maximum atomic E-state index is 12.9. The molecule has 3 rings (SSSR count). The number of carbonyl (C=O) groups excluding carboxylic acids is 2. The largest absolute Gasteiger partial charge is 0.373 e. The number of nitrogens with two attached hydrogens (primary N) is 1. The molecule has 2 saturated heterocycles. The third kappa shape index (κ3) is 4.29. The van der Waals surface area contributed by atoms with Crippen LogP contribution in [0.1, 0.15) is 26.7 Å². The molecule has 0 radical (unpaired) electrons. The number of rotatable bonds is 4. The minimum Gasteiger partial charge on any atom is -0.373 e. The topological polar surface area (TPSA) is 122 Å². The summed E-state index contributed by atoms with van der Waals surface area (Å²) in [5, 5.41) is 2.72. The van der Waals surface area contributed by atoms with Gasteiger partial charge in [-0.1, -0.05) is 0 Å². The Hall–Kier alpha value is -2.17. The van der Waals surface area contributed by atoms with Crippen LogP contribution in [-0.2, 0) is 19.6 Å². The average molecular weight is 410 g/mol. The van der Waals surface area contributed by atoms with E-state index in [4.69, 9.17) is 10.5 Å². The maximum absolute atomic E-state index is 12.9. The van der Waals surface area contributed by atoms with Crippen LogP contribution in [0.5, 0.6) is 0 Å². The van der Waals surface area contributed by atoms with Gasteiger partial charge in [-0.15, -0.1) is 0 Å². The number of carbonyl (C=O) groups is 2. The molecule has 154 valence electrons. The first kappa shape index (κ1) is 20.6. The van der Waals surface area contributed by atoms with Gasteiger partial charge < -0.3 is 20.7 Å².